The van der Waals surface area contributed by atoms with E-state index in [-0.39, 0.29) is 17.5 Å². The van der Waals surface area contributed by atoms with Crippen LogP contribution < -0.4 is 10.3 Å². The van der Waals surface area contributed by atoms with Gasteiger partial charge in [-0.25, -0.2) is 14.8 Å². The van der Waals surface area contributed by atoms with Crippen molar-refractivity contribution in [1.29, 1.82) is 0 Å². The van der Waals surface area contributed by atoms with E-state index < -0.39 is 5.82 Å². The molecule has 120 valence electrons. The van der Waals surface area contributed by atoms with Crippen LogP contribution in [0.15, 0.2) is 35.6 Å². The quantitative estimate of drug-likeness (QED) is 0.658. The summed E-state index contributed by atoms with van der Waals surface area (Å²) in [6.45, 7) is 2.23. The predicted molar refractivity (Wildman–Crippen MR) is 84.3 cm³/mol. The van der Waals surface area contributed by atoms with Gasteiger partial charge in [-0.1, -0.05) is 12.1 Å². The zero-order chi connectivity index (χ0) is 16.1. The number of anilines is 2. The van der Waals surface area contributed by atoms with Gasteiger partial charge in [-0.15, -0.1) is 0 Å². The van der Waals surface area contributed by atoms with E-state index in [1.807, 2.05) is 0 Å². The number of hydrogen-bond donors (Lipinski definition) is 2. The normalized spacial score (nSPS) is 15.1. The van der Waals surface area contributed by atoms with Gasteiger partial charge in [-0.05, 0) is 12.1 Å². The van der Waals surface area contributed by atoms with E-state index in [2.05, 4.69) is 20.5 Å². The van der Waals surface area contributed by atoms with E-state index in [0.717, 1.165) is 6.20 Å². The SMILES string of the molecule is Oc1ccccc1C=NNc1ncc(F)c(N2CCOCC2)n1. The lowest BCUT2D eigenvalue weighted by Crippen LogP contribution is -2.37. The molecule has 0 aliphatic carbocycles. The first-order chi connectivity index (χ1) is 11.2. The lowest BCUT2D eigenvalue weighted by Gasteiger charge is -2.27. The standard InChI is InChI=1S/C15H16FN5O2/c16-12-10-17-15(19-14(12)21-5-7-23-8-6-21)20-18-9-11-3-1-2-4-13(11)22/h1-4,9-10,22H,5-8H2,(H,17,19,20). The molecule has 2 heterocycles. The summed E-state index contributed by atoms with van der Waals surface area (Å²) in [5.74, 6) is 0.0392. The van der Waals surface area contributed by atoms with Gasteiger partial charge in [0, 0.05) is 18.7 Å². The highest BCUT2D eigenvalue weighted by molar-refractivity contribution is 5.83. The molecule has 1 aromatic heterocycles. The summed E-state index contributed by atoms with van der Waals surface area (Å²) in [6.07, 6.45) is 2.55. The third-order valence-electron chi connectivity index (χ3n) is 3.34. The monoisotopic (exact) mass is 317 g/mol. The van der Waals surface area contributed by atoms with Crippen LogP contribution in [-0.2, 0) is 4.74 Å². The summed E-state index contributed by atoms with van der Waals surface area (Å²) in [4.78, 5) is 9.81. The lowest BCUT2D eigenvalue weighted by molar-refractivity contribution is 0.122. The van der Waals surface area contributed by atoms with Crippen molar-refractivity contribution < 1.29 is 14.2 Å². The van der Waals surface area contributed by atoms with Crippen LogP contribution in [-0.4, -0.2) is 47.6 Å². The smallest absolute Gasteiger partial charge is 0.245 e. The van der Waals surface area contributed by atoms with Crippen LogP contribution in [0, 0.1) is 5.82 Å². The number of hydrogen-bond acceptors (Lipinski definition) is 7. The first-order valence-corrected chi connectivity index (χ1v) is 7.16. The zero-order valence-electron chi connectivity index (χ0n) is 12.3. The molecule has 1 saturated heterocycles. The number of phenols is 1. The highest BCUT2D eigenvalue weighted by Gasteiger charge is 2.17. The maximum atomic E-state index is 13.9. The molecular weight excluding hydrogens is 301 g/mol. The number of nitrogens with zero attached hydrogens (tertiary/aromatic N) is 4. The minimum atomic E-state index is -0.484. The van der Waals surface area contributed by atoms with Crippen molar-refractivity contribution in [2.45, 2.75) is 0 Å². The van der Waals surface area contributed by atoms with Gasteiger partial charge in [-0.3, -0.25) is 0 Å². The van der Waals surface area contributed by atoms with Gasteiger partial charge < -0.3 is 14.7 Å². The van der Waals surface area contributed by atoms with Crippen LogP contribution in [0.2, 0.25) is 0 Å². The molecular formula is C15H16FN5O2. The average molecular weight is 317 g/mol. The maximum Gasteiger partial charge on any atom is 0.245 e. The molecule has 2 N–H and O–H groups in total. The minimum Gasteiger partial charge on any atom is -0.507 e. The third-order valence-corrected chi connectivity index (χ3v) is 3.34. The summed E-state index contributed by atoms with van der Waals surface area (Å²) >= 11 is 0. The second kappa shape index (κ2) is 7.01. The van der Waals surface area contributed by atoms with Crippen molar-refractivity contribution in [2.75, 3.05) is 36.6 Å². The van der Waals surface area contributed by atoms with Crippen LogP contribution in [0.1, 0.15) is 5.56 Å². The van der Waals surface area contributed by atoms with E-state index >= 15 is 0 Å². The van der Waals surface area contributed by atoms with Crippen molar-refractivity contribution in [3.63, 3.8) is 0 Å². The number of rotatable bonds is 4. The molecule has 1 aromatic carbocycles. The number of phenolic OH excluding ortho intramolecular Hbond substituents is 1. The Bertz CT molecular complexity index is 704. The fourth-order valence-corrected chi connectivity index (χ4v) is 2.17. The average Bonchev–Trinajstić information content (AvgIpc) is 2.59. The highest BCUT2D eigenvalue weighted by Crippen LogP contribution is 2.18. The second-order valence-corrected chi connectivity index (χ2v) is 4.89. The van der Waals surface area contributed by atoms with Gasteiger partial charge >= 0.3 is 0 Å². The van der Waals surface area contributed by atoms with Crippen molar-refractivity contribution in [3.05, 3.63) is 41.8 Å². The molecule has 1 aliphatic heterocycles. The molecule has 23 heavy (non-hydrogen) atoms. The van der Waals surface area contributed by atoms with E-state index in [0.29, 0.717) is 31.9 Å². The molecule has 0 unspecified atom stereocenters. The summed E-state index contributed by atoms with van der Waals surface area (Å²) in [5, 5.41) is 13.6. The number of para-hydroxylation sites is 1. The first kappa shape index (κ1) is 15.2. The van der Waals surface area contributed by atoms with Crippen LogP contribution in [0.4, 0.5) is 16.2 Å². The number of aromatic hydroxyl groups is 1. The summed E-state index contributed by atoms with van der Waals surface area (Å²) < 4.78 is 19.1. The number of hydrazone groups is 1. The third kappa shape index (κ3) is 3.72. The van der Waals surface area contributed by atoms with E-state index in [1.165, 1.54) is 6.21 Å². The lowest BCUT2D eigenvalue weighted by atomic mass is 10.2. The van der Waals surface area contributed by atoms with Gasteiger partial charge in [-0.2, -0.15) is 10.1 Å². The molecule has 8 heteroatoms. The Balaban J connectivity index is 1.72. The number of nitrogens with one attached hydrogen (secondary N) is 1. The first-order valence-electron chi connectivity index (χ1n) is 7.16. The molecule has 3 rings (SSSR count). The number of halogens is 1. The Hall–Kier alpha value is -2.74. The van der Waals surface area contributed by atoms with Gasteiger partial charge in [0.2, 0.25) is 5.95 Å². The van der Waals surface area contributed by atoms with Gasteiger partial charge in [0.25, 0.3) is 0 Å². The Labute approximate surface area is 132 Å². The van der Waals surface area contributed by atoms with Crippen molar-refractivity contribution in [2.24, 2.45) is 5.10 Å². The zero-order valence-corrected chi connectivity index (χ0v) is 12.3. The van der Waals surface area contributed by atoms with Crippen molar-refractivity contribution in [3.8, 4) is 5.75 Å². The molecule has 0 amide bonds. The van der Waals surface area contributed by atoms with E-state index in [9.17, 15) is 9.50 Å². The molecule has 1 aliphatic rings. The molecule has 1 fully saturated rings. The van der Waals surface area contributed by atoms with E-state index in [4.69, 9.17) is 4.74 Å². The molecule has 0 atom stereocenters. The Morgan fingerprint density at radius 2 is 2.09 bits per heavy atom. The van der Waals surface area contributed by atoms with Gasteiger partial charge in [0.1, 0.15) is 5.75 Å². The number of ether oxygens (including phenoxy) is 1. The Kier molecular flexibility index (Phi) is 4.62. The highest BCUT2D eigenvalue weighted by atomic mass is 19.1. The van der Waals surface area contributed by atoms with Gasteiger partial charge in [0.15, 0.2) is 11.6 Å². The molecule has 0 spiro atoms. The van der Waals surface area contributed by atoms with Crippen LogP contribution >= 0.6 is 0 Å². The molecule has 0 bridgehead atoms. The maximum absolute atomic E-state index is 13.9. The van der Waals surface area contributed by atoms with Crippen LogP contribution in [0.25, 0.3) is 0 Å². The largest absolute Gasteiger partial charge is 0.507 e. The second-order valence-electron chi connectivity index (χ2n) is 4.89. The minimum absolute atomic E-state index is 0.118. The van der Waals surface area contributed by atoms with Gasteiger partial charge in [0.05, 0.1) is 25.6 Å². The fraction of sp³-hybridized carbons (Fsp3) is 0.267. The number of morpholine rings is 1. The topological polar surface area (TPSA) is 82.9 Å². The summed E-state index contributed by atoms with van der Waals surface area (Å²) in [6, 6.07) is 6.78. The molecule has 2 aromatic rings. The van der Waals surface area contributed by atoms with Crippen LogP contribution in [0.5, 0.6) is 5.75 Å². The Morgan fingerprint density at radius 3 is 2.87 bits per heavy atom. The molecule has 0 radical (unpaired) electrons. The van der Waals surface area contributed by atoms with Crippen molar-refractivity contribution in [1.82, 2.24) is 9.97 Å². The summed E-state index contributed by atoms with van der Waals surface area (Å²) in [7, 11) is 0. The van der Waals surface area contributed by atoms with E-state index in [1.54, 1.807) is 29.2 Å². The van der Waals surface area contributed by atoms with Crippen LogP contribution in [0.3, 0.4) is 0 Å². The number of aromatic nitrogens is 2. The molecule has 7 nitrogen and oxygen atoms in total. The molecule has 0 saturated carbocycles. The fourth-order valence-electron chi connectivity index (χ4n) is 2.17. The summed E-state index contributed by atoms with van der Waals surface area (Å²) in [5.41, 5.74) is 3.19. The number of benzene rings is 1. The Morgan fingerprint density at radius 1 is 1.30 bits per heavy atom. The van der Waals surface area contributed by atoms with Crippen molar-refractivity contribution >= 4 is 18.0 Å². The predicted octanol–water partition coefficient (Wildman–Crippen LogP) is 1.60.